The number of imidazole rings is 1. The summed E-state index contributed by atoms with van der Waals surface area (Å²) in [6.07, 6.45) is -2.15. The fourth-order valence-corrected chi connectivity index (χ4v) is 2.06. The molecule has 110 valence electrons. The van der Waals surface area contributed by atoms with Crippen LogP contribution in [-0.2, 0) is 14.3 Å². The minimum absolute atomic E-state index is 0.516. The molecular formula is C10H13N3O7. The Kier molecular flexibility index (Phi) is 3.97. The molecule has 2 rings (SSSR count). The maximum Gasteiger partial charge on any atom is 0.436 e. The van der Waals surface area contributed by atoms with Crippen molar-refractivity contribution in [3.63, 3.8) is 0 Å². The summed E-state index contributed by atoms with van der Waals surface area (Å²) in [5.74, 6) is -1.19. The molecule has 0 bridgehead atoms. The second-order valence-corrected chi connectivity index (χ2v) is 4.20. The molecule has 0 amide bonds. The van der Waals surface area contributed by atoms with Crippen molar-refractivity contribution in [1.29, 1.82) is 0 Å². The van der Waals surface area contributed by atoms with E-state index in [2.05, 4.69) is 4.98 Å². The van der Waals surface area contributed by atoms with Crippen molar-refractivity contribution >= 4 is 11.9 Å². The molecule has 1 aromatic heterocycles. The van der Waals surface area contributed by atoms with Gasteiger partial charge in [0.1, 0.15) is 24.6 Å². The van der Waals surface area contributed by atoms with E-state index in [0.29, 0.717) is 0 Å². The van der Waals surface area contributed by atoms with E-state index in [-0.39, 0.29) is 0 Å². The molecule has 1 saturated heterocycles. The number of esters is 1. The molecule has 1 aromatic rings. The molecule has 0 aromatic carbocycles. The zero-order valence-corrected chi connectivity index (χ0v) is 10.4. The third kappa shape index (κ3) is 2.48. The number of aromatic nitrogens is 2. The second-order valence-electron chi connectivity index (χ2n) is 4.20. The van der Waals surface area contributed by atoms with Gasteiger partial charge in [-0.2, -0.15) is 4.57 Å². The van der Waals surface area contributed by atoms with Gasteiger partial charge in [0.2, 0.25) is 6.23 Å². The first-order valence-corrected chi connectivity index (χ1v) is 5.74. The van der Waals surface area contributed by atoms with Gasteiger partial charge in [0.15, 0.2) is 6.10 Å². The molecular weight excluding hydrogens is 274 g/mol. The van der Waals surface area contributed by atoms with Crippen LogP contribution in [0, 0.1) is 10.1 Å². The van der Waals surface area contributed by atoms with Crippen molar-refractivity contribution in [3.8, 4) is 0 Å². The van der Waals surface area contributed by atoms with Gasteiger partial charge in [-0.05, 0) is 4.92 Å². The second kappa shape index (κ2) is 5.53. The molecule has 2 N–H and O–H groups in total. The quantitative estimate of drug-likeness (QED) is 0.407. The number of carbonyl (C=O) groups excluding carboxylic acids is 1. The predicted molar refractivity (Wildman–Crippen MR) is 61.4 cm³/mol. The Bertz CT molecular complexity index is 517. The number of hydrogen-bond donors (Lipinski definition) is 2. The van der Waals surface area contributed by atoms with Gasteiger partial charge in [0, 0.05) is 6.92 Å². The van der Waals surface area contributed by atoms with E-state index in [9.17, 15) is 20.0 Å². The first-order valence-electron chi connectivity index (χ1n) is 5.74. The van der Waals surface area contributed by atoms with E-state index in [0.717, 1.165) is 11.5 Å². The van der Waals surface area contributed by atoms with Crippen LogP contribution >= 0.6 is 0 Å². The highest BCUT2D eigenvalue weighted by molar-refractivity contribution is 5.66. The van der Waals surface area contributed by atoms with Gasteiger partial charge < -0.3 is 29.8 Å². The lowest BCUT2D eigenvalue weighted by Crippen LogP contribution is -2.36. The van der Waals surface area contributed by atoms with Crippen LogP contribution in [0.1, 0.15) is 13.2 Å². The Balaban J connectivity index is 2.34. The summed E-state index contributed by atoms with van der Waals surface area (Å²) in [4.78, 5) is 24.7. The van der Waals surface area contributed by atoms with E-state index >= 15 is 0 Å². The number of rotatable bonds is 4. The van der Waals surface area contributed by atoms with Crippen molar-refractivity contribution in [1.82, 2.24) is 9.55 Å². The Morgan fingerprint density at radius 3 is 2.95 bits per heavy atom. The number of aliphatic hydroxyl groups is 2. The number of carbonyl (C=O) groups is 1. The lowest BCUT2D eigenvalue weighted by atomic mass is 10.1. The predicted octanol–water partition coefficient (Wildman–Crippen LogP) is -1.03. The minimum atomic E-state index is -1.30. The fourth-order valence-electron chi connectivity index (χ4n) is 2.06. The lowest BCUT2D eigenvalue weighted by Gasteiger charge is -2.18. The summed E-state index contributed by atoms with van der Waals surface area (Å²) in [7, 11) is 0. The zero-order chi connectivity index (χ0) is 14.9. The van der Waals surface area contributed by atoms with Crippen LogP contribution in [0.3, 0.4) is 0 Å². The molecule has 10 heteroatoms. The van der Waals surface area contributed by atoms with Crippen LogP contribution in [0.4, 0.5) is 5.95 Å². The lowest BCUT2D eigenvalue weighted by molar-refractivity contribution is -0.398. The normalized spacial score (nSPS) is 29.4. The summed E-state index contributed by atoms with van der Waals surface area (Å²) in [6, 6.07) is 0. The first kappa shape index (κ1) is 14.4. The van der Waals surface area contributed by atoms with Gasteiger partial charge in [-0.15, -0.1) is 0 Å². The number of hydrogen-bond acceptors (Lipinski definition) is 8. The van der Waals surface area contributed by atoms with Gasteiger partial charge in [0.25, 0.3) is 0 Å². The average Bonchev–Trinajstić information content (AvgIpc) is 2.95. The van der Waals surface area contributed by atoms with Crippen LogP contribution in [-0.4, -0.2) is 55.6 Å². The fraction of sp³-hybridized carbons (Fsp3) is 0.600. The largest absolute Gasteiger partial charge is 0.453 e. The number of aliphatic hydroxyl groups excluding tert-OH is 2. The minimum Gasteiger partial charge on any atom is -0.453 e. The van der Waals surface area contributed by atoms with Crippen molar-refractivity contribution in [2.45, 2.75) is 31.5 Å². The van der Waals surface area contributed by atoms with E-state index in [1.54, 1.807) is 0 Å². The molecule has 10 nitrogen and oxygen atoms in total. The van der Waals surface area contributed by atoms with Crippen LogP contribution in [0.2, 0.25) is 0 Å². The van der Waals surface area contributed by atoms with Gasteiger partial charge in [-0.3, -0.25) is 4.79 Å². The summed E-state index contributed by atoms with van der Waals surface area (Å²) in [6.45, 7) is 0.621. The highest BCUT2D eigenvalue weighted by Crippen LogP contribution is 2.33. The Labute approximate surface area is 112 Å². The summed E-state index contributed by atoms with van der Waals surface area (Å²) >= 11 is 0. The monoisotopic (exact) mass is 287 g/mol. The first-order chi connectivity index (χ1) is 9.45. The van der Waals surface area contributed by atoms with Crippen LogP contribution in [0.25, 0.3) is 0 Å². The maximum absolute atomic E-state index is 11.1. The smallest absolute Gasteiger partial charge is 0.436 e. The van der Waals surface area contributed by atoms with E-state index < -0.39 is 48.0 Å². The summed E-state index contributed by atoms with van der Waals surface area (Å²) in [5.41, 5.74) is 0. The van der Waals surface area contributed by atoms with Crippen LogP contribution in [0.5, 0.6) is 0 Å². The van der Waals surface area contributed by atoms with E-state index in [1.165, 1.54) is 12.4 Å². The standard InChI is InChI=1S/C10H13N3O7/c1-5(15)19-8-7(16)6(4-14)20-9(8)12-3-2-11-10(12)13(17)18/h2-3,6-9,14,16H,4H2,1H3/t6-,7-,8+,9?/m1/s1. The van der Waals surface area contributed by atoms with Gasteiger partial charge >= 0.3 is 11.9 Å². The Morgan fingerprint density at radius 1 is 1.70 bits per heavy atom. The molecule has 0 saturated carbocycles. The molecule has 0 aliphatic carbocycles. The molecule has 0 radical (unpaired) electrons. The number of nitrogens with zero attached hydrogens (tertiary/aromatic N) is 3. The number of ether oxygens (including phenoxy) is 2. The highest BCUT2D eigenvalue weighted by atomic mass is 16.6. The SMILES string of the molecule is CC(=O)O[C@@H]1C(n2ccnc2[N+](=O)[O-])O[C@H](CO)[C@H]1O. The molecule has 4 atom stereocenters. The van der Waals surface area contributed by atoms with Gasteiger partial charge in [0.05, 0.1) is 6.61 Å². The van der Waals surface area contributed by atoms with Crippen molar-refractivity contribution in [3.05, 3.63) is 22.5 Å². The summed E-state index contributed by atoms with van der Waals surface area (Å²) < 4.78 is 11.3. The average molecular weight is 287 g/mol. The van der Waals surface area contributed by atoms with Crippen LogP contribution < -0.4 is 0 Å². The molecule has 20 heavy (non-hydrogen) atoms. The van der Waals surface area contributed by atoms with E-state index in [1.807, 2.05) is 0 Å². The third-order valence-corrected chi connectivity index (χ3v) is 2.88. The number of nitro groups is 1. The topological polar surface area (TPSA) is 137 Å². The zero-order valence-electron chi connectivity index (χ0n) is 10.4. The van der Waals surface area contributed by atoms with Crippen molar-refractivity contribution < 1.29 is 29.4 Å². The van der Waals surface area contributed by atoms with Gasteiger partial charge in [-0.25, -0.2) is 0 Å². The maximum atomic E-state index is 11.1. The third-order valence-electron chi connectivity index (χ3n) is 2.88. The van der Waals surface area contributed by atoms with Gasteiger partial charge in [-0.1, -0.05) is 4.98 Å². The molecule has 1 aliphatic heterocycles. The highest BCUT2D eigenvalue weighted by Gasteiger charge is 2.49. The molecule has 1 fully saturated rings. The van der Waals surface area contributed by atoms with Crippen molar-refractivity contribution in [2.24, 2.45) is 0 Å². The Hall–Kier alpha value is -2.04. The van der Waals surface area contributed by atoms with Crippen LogP contribution in [0.15, 0.2) is 12.4 Å². The molecule has 0 spiro atoms. The molecule has 1 aliphatic rings. The molecule has 2 heterocycles. The van der Waals surface area contributed by atoms with E-state index in [4.69, 9.17) is 14.6 Å². The molecule has 1 unspecified atom stereocenters. The Morgan fingerprint density at radius 2 is 2.40 bits per heavy atom. The summed E-state index contributed by atoms with van der Waals surface area (Å²) in [5, 5.41) is 29.9. The van der Waals surface area contributed by atoms with Crippen molar-refractivity contribution in [2.75, 3.05) is 6.61 Å².